The summed E-state index contributed by atoms with van der Waals surface area (Å²) >= 11 is 0. The predicted molar refractivity (Wildman–Crippen MR) is 43.2 cm³/mol. The van der Waals surface area contributed by atoms with Gasteiger partial charge in [-0.15, -0.1) is 0 Å². The van der Waals surface area contributed by atoms with E-state index < -0.39 is 20.4 Å². The van der Waals surface area contributed by atoms with Crippen LogP contribution in [0.2, 0.25) is 0 Å². The third-order valence-corrected chi connectivity index (χ3v) is 3.21. The highest BCUT2D eigenvalue weighted by Gasteiger charge is 2.34. The Balaban J connectivity index is 3.10. The highest BCUT2D eigenvalue weighted by Crippen LogP contribution is 2.04. The third-order valence-electron chi connectivity index (χ3n) is 1.58. The summed E-state index contributed by atoms with van der Waals surface area (Å²) in [6, 6.07) is 2.61. The lowest BCUT2D eigenvalue weighted by atomic mass is 10.3. The van der Waals surface area contributed by atoms with E-state index in [0.29, 0.717) is 6.07 Å². The van der Waals surface area contributed by atoms with Gasteiger partial charge in [0.1, 0.15) is 0 Å². The molecule has 13 heavy (non-hydrogen) atoms. The van der Waals surface area contributed by atoms with E-state index in [2.05, 4.69) is 4.43 Å². The summed E-state index contributed by atoms with van der Waals surface area (Å²) in [5.74, 6) is -2.17. The Bertz CT molecular complexity index is 317. The van der Waals surface area contributed by atoms with Crippen molar-refractivity contribution in [2.45, 2.75) is 0 Å². The molecule has 0 atom stereocenters. The second-order valence-electron chi connectivity index (χ2n) is 2.44. The van der Waals surface area contributed by atoms with E-state index in [9.17, 15) is 18.4 Å². The summed E-state index contributed by atoms with van der Waals surface area (Å²) in [5.41, 5.74) is 0. The zero-order valence-corrected chi connectivity index (χ0v) is 7.79. The molecule has 0 amide bonds. The maximum absolute atomic E-state index is 12.6. The van der Waals surface area contributed by atoms with Crippen LogP contribution in [0.1, 0.15) is 0 Å². The number of benzene rings is 1. The zero-order chi connectivity index (χ0) is 10.1. The van der Waals surface area contributed by atoms with Crippen molar-refractivity contribution >= 4 is 14.0 Å². The van der Waals surface area contributed by atoms with Crippen LogP contribution < -0.4 is 5.19 Å². The lowest BCUT2D eigenvalue weighted by Crippen LogP contribution is -2.51. The van der Waals surface area contributed by atoms with Crippen molar-refractivity contribution in [3.05, 3.63) is 29.8 Å². The molecule has 2 N–H and O–H groups in total. The van der Waals surface area contributed by atoms with Crippen LogP contribution in [0.4, 0.5) is 8.78 Å². The monoisotopic (exact) mass is 206 g/mol. The highest BCUT2D eigenvalue weighted by atomic mass is 28.4. The quantitative estimate of drug-likeness (QED) is 0.656. The van der Waals surface area contributed by atoms with Crippen molar-refractivity contribution in [1.29, 1.82) is 0 Å². The fraction of sp³-hybridized carbons (Fsp3) is 0.143. The molecule has 0 saturated heterocycles. The molecule has 0 spiro atoms. The van der Waals surface area contributed by atoms with Gasteiger partial charge in [0.15, 0.2) is 11.6 Å². The van der Waals surface area contributed by atoms with E-state index in [1.807, 2.05) is 0 Å². The molecule has 1 aromatic carbocycles. The van der Waals surface area contributed by atoms with Crippen molar-refractivity contribution in [3.8, 4) is 0 Å². The molecule has 0 radical (unpaired) electrons. The van der Waals surface area contributed by atoms with E-state index in [4.69, 9.17) is 0 Å². The van der Waals surface area contributed by atoms with Gasteiger partial charge < -0.3 is 14.0 Å². The second-order valence-corrected chi connectivity index (χ2v) is 4.64. The molecule has 0 aliphatic carbocycles. The predicted octanol–water partition coefficient (Wildman–Crippen LogP) is -0.258. The largest absolute Gasteiger partial charge is 0.531 e. The Morgan fingerprint density at radius 3 is 2.31 bits per heavy atom. The van der Waals surface area contributed by atoms with Gasteiger partial charge in [-0.05, 0) is 12.1 Å². The topological polar surface area (TPSA) is 49.7 Å². The normalized spacial score (nSPS) is 11.8. The first-order valence-corrected chi connectivity index (χ1v) is 5.23. The molecule has 1 aromatic rings. The van der Waals surface area contributed by atoms with Gasteiger partial charge in [-0.2, -0.15) is 0 Å². The number of hydrogen-bond donors (Lipinski definition) is 2. The molecule has 0 aliphatic rings. The van der Waals surface area contributed by atoms with Gasteiger partial charge in [-0.3, -0.25) is 0 Å². The molecule has 0 unspecified atom stereocenters. The average molecular weight is 206 g/mol. The van der Waals surface area contributed by atoms with E-state index in [1.165, 1.54) is 0 Å². The Hall–Kier alpha value is -0.823. The van der Waals surface area contributed by atoms with Crippen molar-refractivity contribution in [2.75, 3.05) is 7.11 Å². The van der Waals surface area contributed by atoms with E-state index >= 15 is 0 Å². The molecule has 0 aliphatic heterocycles. The minimum Gasteiger partial charge on any atom is -0.386 e. The Kier molecular flexibility index (Phi) is 2.76. The van der Waals surface area contributed by atoms with Crippen molar-refractivity contribution < 1.29 is 22.8 Å². The molecule has 0 saturated carbocycles. The van der Waals surface area contributed by atoms with Crippen LogP contribution in [0.15, 0.2) is 18.2 Å². The zero-order valence-electron chi connectivity index (χ0n) is 6.79. The van der Waals surface area contributed by atoms with Gasteiger partial charge in [0.2, 0.25) is 0 Å². The van der Waals surface area contributed by atoms with Gasteiger partial charge in [-0.1, -0.05) is 6.07 Å². The summed E-state index contributed by atoms with van der Waals surface area (Å²) in [7, 11) is -2.92. The van der Waals surface area contributed by atoms with E-state index in [1.54, 1.807) is 0 Å². The summed E-state index contributed by atoms with van der Waals surface area (Å²) in [5, 5.41) is -0.131. The lowest BCUT2D eigenvalue weighted by molar-refractivity contribution is 0.204. The lowest BCUT2D eigenvalue weighted by Gasteiger charge is -2.14. The molecule has 72 valence electrons. The van der Waals surface area contributed by atoms with Crippen molar-refractivity contribution in [3.63, 3.8) is 0 Å². The molecule has 0 aromatic heterocycles. The smallest absolute Gasteiger partial charge is 0.386 e. The van der Waals surface area contributed by atoms with Crippen LogP contribution in [0, 0.1) is 11.6 Å². The molecule has 0 bridgehead atoms. The van der Waals surface area contributed by atoms with Crippen LogP contribution in [0.25, 0.3) is 0 Å². The van der Waals surface area contributed by atoms with Crippen molar-refractivity contribution in [1.82, 2.24) is 0 Å². The fourth-order valence-electron chi connectivity index (χ4n) is 0.817. The highest BCUT2D eigenvalue weighted by molar-refractivity contribution is 6.72. The number of rotatable bonds is 2. The summed E-state index contributed by atoms with van der Waals surface area (Å²) in [4.78, 5) is 18.4. The Morgan fingerprint density at radius 1 is 1.23 bits per heavy atom. The molecular formula is C7H8F2O3Si. The van der Waals surface area contributed by atoms with Crippen LogP contribution >= 0.6 is 0 Å². The third kappa shape index (κ3) is 2.10. The fourth-order valence-corrected chi connectivity index (χ4v) is 1.67. The molecule has 0 heterocycles. The molecule has 3 nitrogen and oxygen atoms in total. The minimum absolute atomic E-state index is 0.131. The van der Waals surface area contributed by atoms with Crippen LogP contribution in [0.5, 0.6) is 0 Å². The SMILES string of the molecule is CO[Si](O)(O)c1ccc(F)c(F)c1. The first-order chi connectivity index (χ1) is 5.97. The van der Waals surface area contributed by atoms with Crippen LogP contribution in [-0.4, -0.2) is 25.5 Å². The average Bonchev–Trinajstić information content (AvgIpc) is 2.09. The van der Waals surface area contributed by atoms with Crippen LogP contribution in [-0.2, 0) is 4.43 Å². The first kappa shape index (κ1) is 10.3. The molecular weight excluding hydrogens is 198 g/mol. The van der Waals surface area contributed by atoms with E-state index in [0.717, 1.165) is 19.2 Å². The second kappa shape index (κ2) is 3.50. The Labute approximate surface area is 74.6 Å². The summed E-state index contributed by atoms with van der Waals surface area (Å²) in [6.45, 7) is 0. The van der Waals surface area contributed by atoms with Gasteiger partial charge in [0.25, 0.3) is 0 Å². The van der Waals surface area contributed by atoms with E-state index in [-0.39, 0.29) is 5.19 Å². The molecule has 1 rings (SSSR count). The van der Waals surface area contributed by atoms with Gasteiger partial charge in [0.05, 0.1) is 0 Å². The molecule has 6 heteroatoms. The van der Waals surface area contributed by atoms with Gasteiger partial charge >= 0.3 is 8.80 Å². The standard InChI is InChI=1S/C7H8F2O3Si/c1-12-13(10,11)5-2-3-6(8)7(9)4-5/h2-4,10-11H,1H3. The maximum atomic E-state index is 12.6. The first-order valence-electron chi connectivity index (χ1n) is 3.43. The van der Waals surface area contributed by atoms with Crippen molar-refractivity contribution in [2.24, 2.45) is 0 Å². The van der Waals surface area contributed by atoms with Gasteiger partial charge in [-0.25, -0.2) is 8.78 Å². The number of halogens is 2. The molecule has 0 fully saturated rings. The number of hydrogen-bond acceptors (Lipinski definition) is 3. The Morgan fingerprint density at radius 2 is 1.85 bits per heavy atom. The van der Waals surface area contributed by atoms with Crippen LogP contribution in [0.3, 0.4) is 0 Å². The summed E-state index contributed by atoms with van der Waals surface area (Å²) < 4.78 is 29.4. The van der Waals surface area contributed by atoms with Gasteiger partial charge in [0, 0.05) is 12.3 Å². The summed E-state index contributed by atoms with van der Waals surface area (Å²) in [6.07, 6.45) is 0. The maximum Gasteiger partial charge on any atom is 0.531 e. The minimum atomic E-state index is -4.01.